The van der Waals surface area contributed by atoms with Crippen molar-refractivity contribution in [1.82, 2.24) is 30.7 Å². The molecule has 1 fully saturated rings. The molecule has 1 aliphatic carbocycles. The molecule has 4 aromatic carbocycles. The van der Waals surface area contributed by atoms with Gasteiger partial charge in [-0.05, 0) is 102 Å². The zero-order chi connectivity index (χ0) is 52.1. The highest BCUT2D eigenvalue weighted by atomic mass is 16.6. The molecular formula is C54H60N10O9. The third kappa shape index (κ3) is 11.8. The maximum Gasteiger partial charge on any atom is 0.269 e. The first-order valence-corrected chi connectivity index (χ1v) is 24.5. The zero-order valence-corrected chi connectivity index (χ0v) is 41.1. The van der Waals surface area contributed by atoms with Gasteiger partial charge in [0, 0.05) is 79.5 Å². The van der Waals surface area contributed by atoms with Crippen LogP contribution in [0.3, 0.4) is 0 Å². The summed E-state index contributed by atoms with van der Waals surface area (Å²) in [5, 5.41) is 26.7. The number of nitro benzene ring substituents is 1. The number of rotatable bonds is 18. The van der Waals surface area contributed by atoms with E-state index in [9.17, 15) is 43.7 Å². The number of anilines is 2. The minimum Gasteiger partial charge on any atom is -0.368 e. The van der Waals surface area contributed by atoms with Crippen molar-refractivity contribution < 1.29 is 38.5 Å². The van der Waals surface area contributed by atoms with Gasteiger partial charge in [0.15, 0.2) is 0 Å². The molecule has 73 heavy (non-hydrogen) atoms. The maximum absolute atomic E-state index is 14.7. The highest BCUT2D eigenvalue weighted by molar-refractivity contribution is 6.01. The molecule has 0 bridgehead atoms. The Balaban J connectivity index is 0.926. The third-order valence-electron chi connectivity index (χ3n) is 13.9. The number of fused-ring (bicyclic) bond motifs is 2. The predicted octanol–water partition coefficient (Wildman–Crippen LogP) is 4.82. The molecule has 19 heteroatoms. The number of amides is 7. The quantitative estimate of drug-likeness (QED) is 0.0465. The van der Waals surface area contributed by atoms with Gasteiger partial charge in [0.2, 0.25) is 41.4 Å². The lowest BCUT2D eigenvalue weighted by atomic mass is 9.79. The van der Waals surface area contributed by atoms with Crippen LogP contribution in [0, 0.1) is 22.0 Å². The van der Waals surface area contributed by atoms with Crippen LogP contribution >= 0.6 is 0 Å². The Hall–Kier alpha value is -8.19. The van der Waals surface area contributed by atoms with E-state index in [0.29, 0.717) is 36.3 Å². The Labute approximate surface area is 421 Å². The number of carbonyl (C=O) groups excluding carboxylic acids is 7. The molecule has 6 atom stereocenters. The molecule has 3 heterocycles. The smallest absolute Gasteiger partial charge is 0.269 e. The number of nitrogens with zero attached hydrogens (tertiary/aromatic N) is 3. The van der Waals surface area contributed by atoms with Crippen LogP contribution in [-0.4, -0.2) is 111 Å². The van der Waals surface area contributed by atoms with Gasteiger partial charge in [0.25, 0.3) is 5.69 Å². The van der Waals surface area contributed by atoms with Gasteiger partial charge < -0.3 is 42.2 Å². The zero-order valence-electron chi connectivity index (χ0n) is 41.1. The molecule has 3 aliphatic rings. The van der Waals surface area contributed by atoms with E-state index in [0.717, 1.165) is 39.6 Å². The molecule has 8 N–H and O–H groups in total. The largest absolute Gasteiger partial charge is 0.368 e. The number of aromatic amines is 1. The molecule has 0 spiro atoms. The summed E-state index contributed by atoms with van der Waals surface area (Å²) in [6.45, 7) is 5.57. The summed E-state index contributed by atoms with van der Waals surface area (Å²) in [4.78, 5) is 111. The number of likely N-dealkylation sites (tertiary alicyclic amines) is 1. The summed E-state index contributed by atoms with van der Waals surface area (Å²) in [6, 6.07) is 22.1. The predicted molar refractivity (Wildman–Crippen MR) is 275 cm³/mol. The van der Waals surface area contributed by atoms with Crippen molar-refractivity contribution in [3.63, 3.8) is 0 Å². The number of aromatic nitrogens is 1. The van der Waals surface area contributed by atoms with Crippen molar-refractivity contribution in [1.29, 1.82) is 0 Å². The lowest BCUT2D eigenvalue weighted by Crippen LogP contribution is -2.58. The number of nitrogens with two attached hydrogens (primary N) is 1. The van der Waals surface area contributed by atoms with Crippen molar-refractivity contribution in [3.05, 3.63) is 130 Å². The van der Waals surface area contributed by atoms with E-state index in [1.54, 1.807) is 24.3 Å². The molecule has 19 nitrogen and oxygen atoms in total. The fraction of sp³-hybridized carbons (Fsp3) is 0.352. The van der Waals surface area contributed by atoms with E-state index in [4.69, 9.17) is 5.73 Å². The van der Waals surface area contributed by atoms with E-state index >= 15 is 0 Å². The first kappa shape index (κ1) is 51.2. The molecule has 0 saturated carbocycles. The number of primary amides is 1. The minimum absolute atomic E-state index is 0.0358. The number of benzene rings is 4. The average molecular weight is 993 g/mol. The fourth-order valence-electron chi connectivity index (χ4n) is 10.1. The Morgan fingerprint density at radius 1 is 0.836 bits per heavy atom. The first-order chi connectivity index (χ1) is 34.9. The third-order valence-corrected chi connectivity index (χ3v) is 13.9. The van der Waals surface area contributed by atoms with Crippen LogP contribution in [0.2, 0.25) is 0 Å². The van der Waals surface area contributed by atoms with Crippen LogP contribution in [-0.2, 0) is 46.4 Å². The normalized spacial score (nSPS) is 18.4. The summed E-state index contributed by atoms with van der Waals surface area (Å²) < 4.78 is 0. The summed E-state index contributed by atoms with van der Waals surface area (Å²) in [7, 11) is 2.00. The van der Waals surface area contributed by atoms with Crippen molar-refractivity contribution in [2.45, 2.75) is 89.5 Å². The van der Waals surface area contributed by atoms with E-state index in [-0.39, 0.29) is 55.3 Å². The van der Waals surface area contributed by atoms with Gasteiger partial charge in [-0.2, -0.15) is 0 Å². The number of nitro groups is 1. The van der Waals surface area contributed by atoms with E-state index < -0.39 is 64.5 Å². The first-order valence-electron chi connectivity index (χ1n) is 24.5. The molecule has 8 rings (SSSR count). The summed E-state index contributed by atoms with van der Waals surface area (Å²) >= 11 is 0. The second-order valence-corrected chi connectivity index (χ2v) is 19.4. The molecule has 1 saturated heterocycles. The number of nitrogens with one attached hydrogen (secondary N) is 6. The van der Waals surface area contributed by atoms with Crippen LogP contribution in [0.1, 0.15) is 63.1 Å². The topological polar surface area (TPSA) is 271 Å². The second-order valence-electron chi connectivity index (χ2n) is 19.4. The van der Waals surface area contributed by atoms with E-state index in [1.807, 2.05) is 69.6 Å². The van der Waals surface area contributed by atoms with Crippen molar-refractivity contribution in [3.8, 4) is 11.1 Å². The minimum atomic E-state index is -1.19. The summed E-state index contributed by atoms with van der Waals surface area (Å²) in [5.41, 5.74) is 12.8. The van der Waals surface area contributed by atoms with Gasteiger partial charge in [-0.15, -0.1) is 0 Å². The Kier molecular flexibility index (Phi) is 15.5. The summed E-state index contributed by atoms with van der Waals surface area (Å²) in [6.07, 6.45) is 5.74. The Morgan fingerprint density at radius 2 is 1.51 bits per heavy atom. The lowest BCUT2D eigenvalue weighted by Gasteiger charge is -2.39. The SMILES string of the molecule is CC(=O)N[C@@H](CCC(=O)Nc1ccc(-c2ccc(NC(=O)[C@@H]3CCCN3C(=O)[C@H](Cc3ccc([N+](=O)[O-])cc3)NC(=O)[C@@H](NC(=O)[C@@H]3C=C4c5cccc6[nH]cc(c56)C[C@H]4N(C)C3)C(C)C)cc2)cc1)C(N)=O. The van der Waals surface area contributed by atoms with Crippen LogP contribution in [0.4, 0.5) is 17.1 Å². The lowest BCUT2D eigenvalue weighted by molar-refractivity contribution is -0.384. The number of likely N-dealkylation sites (N-methyl/N-ethyl adjacent to an activating group) is 1. The molecule has 0 unspecified atom stereocenters. The fourth-order valence-corrected chi connectivity index (χ4v) is 10.1. The second kappa shape index (κ2) is 22.1. The standard InChI is InChI=1S/C54H60N10O9/c1-30(2)49(61-51(68)36-26-41-40-7-5-8-42-48(40)35(28-56-42)27-46(41)62(4)29-36)53(70)60-44(25-32-10-20-39(21-11-32)64(72)73)54(71)63-24-6-9-45(63)52(69)59-38-18-14-34(15-19-38)33-12-16-37(17-13-33)58-47(66)23-22-43(50(55)67)57-31(3)65/h5,7-8,10-21,26,28,30,36,43-46,49,56H,6,9,22-25,27,29H2,1-4H3,(H2,55,67)(H,57,65)(H,58,66)(H,59,69)(H,60,70)(H,61,68)/t36-,43+,44+,45+,46-,49+/m1/s1. The number of carbonyl (C=O) groups is 7. The van der Waals surface area contributed by atoms with Gasteiger partial charge >= 0.3 is 0 Å². The number of hydrogen-bond donors (Lipinski definition) is 7. The van der Waals surface area contributed by atoms with E-state index in [1.165, 1.54) is 41.7 Å². The number of non-ortho nitro benzene ring substituents is 1. The van der Waals surface area contributed by atoms with Crippen LogP contribution in [0.5, 0.6) is 0 Å². The van der Waals surface area contributed by atoms with Gasteiger partial charge in [-0.25, -0.2) is 0 Å². The molecule has 2 aliphatic heterocycles. The number of H-pyrrole nitrogens is 1. The molecule has 380 valence electrons. The van der Waals surface area contributed by atoms with Gasteiger partial charge in [0.05, 0.1) is 10.8 Å². The van der Waals surface area contributed by atoms with Crippen molar-refractivity contribution in [2.75, 3.05) is 30.8 Å². The molecule has 0 radical (unpaired) electrons. The average Bonchev–Trinajstić information content (AvgIpc) is 4.03. The highest BCUT2D eigenvalue weighted by Gasteiger charge is 2.40. The van der Waals surface area contributed by atoms with Gasteiger partial charge in [0.1, 0.15) is 24.2 Å². The molecule has 1 aromatic heterocycles. The van der Waals surface area contributed by atoms with Crippen LogP contribution < -0.4 is 32.3 Å². The Bertz CT molecular complexity index is 2970. The van der Waals surface area contributed by atoms with Gasteiger partial charge in [-0.3, -0.25) is 48.6 Å². The van der Waals surface area contributed by atoms with Gasteiger partial charge in [-0.1, -0.05) is 68.5 Å². The van der Waals surface area contributed by atoms with Crippen molar-refractivity contribution >= 4 is 74.9 Å². The molecule has 5 aromatic rings. The highest BCUT2D eigenvalue weighted by Crippen LogP contribution is 2.41. The van der Waals surface area contributed by atoms with Crippen LogP contribution in [0.25, 0.3) is 27.6 Å². The van der Waals surface area contributed by atoms with Crippen LogP contribution in [0.15, 0.2) is 103 Å². The van der Waals surface area contributed by atoms with E-state index in [2.05, 4.69) is 42.5 Å². The summed E-state index contributed by atoms with van der Waals surface area (Å²) in [5.74, 6) is -4.27. The number of hydrogen-bond acceptors (Lipinski definition) is 10. The maximum atomic E-state index is 14.7. The Morgan fingerprint density at radius 3 is 2.14 bits per heavy atom. The monoisotopic (exact) mass is 992 g/mol. The van der Waals surface area contributed by atoms with Crippen molar-refractivity contribution in [2.24, 2.45) is 17.6 Å². The molecular weight excluding hydrogens is 933 g/mol. The molecule has 7 amide bonds.